The van der Waals surface area contributed by atoms with Gasteiger partial charge in [0.05, 0.1) is 18.4 Å². The van der Waals surface area contributed by atoms with E-state index < -0.39 is 5.41 Å². The smallest absolute Gasteiger partial charge is 0.314 e. The van der Waals surface area contributed by atoms with E-state index in [1.807, 2.05) is 36.9 Å². The van der Waals surface area contributed by atoms with Gasteiger partial charge >= 0.3 is 5.97 Å². The van der Waals surface area contributed by atoms with Crippen molar-refractivity contribution in [3.8, 4) is 0 Å². The fourth-order valence-electron chi connectivity index (χ4n) is 4.49. The third-order valence-corrected chi connectivity index (χ3v) is 5.82. The molecule has 3 atom stereocenters. The molecule has 1 aromatic carbocycles. The molecule has 0 aliphatic carbocycles. The number of amides is 1. The number of carbonyl (C=O) groups excluding carboxylic acids is 2. The molecule has 1 amide bonds. The lowest BCUT2D eigenvalue weighted by atomic mass is 9.72. The van der Waals surface area contributed by atoms with Crippen LogP contribution in [0.3, 0.4) is 0 Å². The average molecular weight is 350 g/mol. The first kappa shape index (κ1) is 17.3. The standard InChI is InChI=1S/C19H24ClNO3/c1-3-19(18(23)24-4-2)12-15-8-9-16(19)21(15)17(22)11-13-6-5-7-14(20)10-13/h5-7,10,15-16H,3-4,8-9,11-12H2,1-2H3/t15-,16+,19+/m1/s1. The van der Waals surface area contributed by atoms with E-state index in [-0.39, 0.29) is 24.0 Å². The van der Waals surface area contributed by atoms with Crippen molar-refractivity contribution in [2.24, 2.45) is 5.41 Å². The quantitative estimate of drug-likeness (QED) is 0.763. The minimum absolute atomic E-state index is 0.0294. The summed E-state index contributed by atoms with van der Waals surface area (Å²) < 4.78 is 5.34. The number of ether oxygens (including phenoxy) is 1. The molecule has 24 heavy (non-hydrogen) atoms. The second-order valence-electron chi connectivity index (χ2n) is 6.79. The Kier molecular flexibility index (Phi) is 4.86. The summed E-state index contributed by atoms with van der Waals surface area (Å²) in [6.07, 6.45) is 3.64. The topological polar surface area (TPSA) is 46.6 Å². The number of rotatable bonds is 5. The summed E-state index contributed by atoms with van der Waals surface area (Å²) >= 11 is 6.02. The van der Waals surface area contributed by atoms with E-state index in [0.717, 1.165) is 24.8 Å². The lowest BCUT2D eigenvalue weighted by molar-refractivity contribution is -0.158. The van der Waals surface area contributed by atoms with E-state index in [1.165, 1.54) is 0 Å². The van der Waals surface area contributed by atoms with Crippen LogP contribution < -0.4 is 0 Å². The van der Waals surface area contributed by atoms with Crippen LogP contribution in [0.2, 0.25) is 5.02 Å². The Morgan fingerprint density at radius 2 is 2.12 bits per heavy atom. The lowest BCUT2D eigenvalue weighted by Gasteiger charge is -2.34. The number of nitrogens with zero attached hydrogens (tertiary/aromatic N) is 1. The molecule has 0 N–H and O–H groups in total. The van der Waals surface area contributed by atoms with Crippen LogP contribution in [0.4, 0.5) is 0 Å². The molecule has 130 valence electrons. The van der Waals surface area contributed by atoms with Gasteiger partial charge in [-0.1, -0.05) is 30.7 Å². The molecule has 1 aromatic rings. The molecule has 2 heterocycles. The Morgan fingerprint density at radius 3 is 2.79 bits per heavy atom. The van der Waals surface area contributed by atoms with E-state index in [2.05, 4.69) is 0 Å². The van der Waals surface area contributed by atoms with Crippen molar-refractivity contribution in [2.45, 2.75) is 58.0 Å². The second kappa shape index (κ2) is 6.75. The normalized spacial score (nSPS) is 28.2. The van der Waals surface area contributed by atoms with Gasteiger partial charge in [0.2, 0.25) is 5.91 Å². The van der Waals surface area contributed by atoms with E-state index in [9.17, 15) is 9.59 Å². The number of esters is 1. The van der Waals surface area contributed by atoms with Gasteiger partial charge in [-0.25, -0.2) is 0 Å². The second-order valence-corrected chi connectivity index (χ2v) is 7.23. The van der Waals surface area contributed by atoms with Gasteiger partial charge in [-0.15, -0.1) is 0 Å². The van der Waals surface area contributed by atoms with Crippen molar-refractivity contribution in [1.29, 1.82) is 0 Å². The van der Waals surface area contributed by atoms with Crippen LogP contribution in [-0.2, 0) is 20.7 Å². The van der Waals surface area contributed by atoms with Crippen molar-refractivity contribution in [3.63, 3.8) is 0 Å². The van der Waals surface area contributed by atoms with Crippen LogP contribution in [0.5, 0.6) is 0 Å². The Balaban J connectivity index is 1.80. The Morgan fingerprint density at radius 1 is 1.33 bits per heavy atom. The van der Waals surface area contributed by atoms with Crippen LogP contribution in [0, 0.1) is 5.41 Å². The first-order valence-electron chi connectivity index (χ1n) is 8.74. The summed E-state index contributed by atoms with van der Waals surface area (Å²) in [7, 11) is 0. The maximum atomic E-state index is 12.9. The van der Waals surface area contributed by atoms with Gasteiger partial charge in [0.1, 0.15) is 0 Å². The zero-order valence-corrected chi connectivity index (χ0v) is 15.0. The third-order valence-electron chi connectivity index (χ3n) is 5.59. The van der Waals surface area contributed by atoms with E-state index >= 15 is 0 Å². The zero-order valence-electron chi connectivity index (χ0n) is 14.3. The molecule has 0 aromatic heterocycles. The molecule has 2 aliphatic heterocycles. The summed E-state index contributed by atoms with van der Waals surface area (Å²) in [5, 5.41) is 0.638. The molecule has 3 rings (SSSR count). The minimum atomic E-state index is -0.525. The average Bonchev–Trinajstić information content (AvgIpc) is 3.11. The maximum Gasteiger partial charge on any atom is 0.314 e. The molecule has 2 fully saturated rings. The molecular formula is C19H24ClNO3. The third kappa shape index (κ3) is 2.81. The van der Waals surface area contributed by atoms with Crippen molar-refractivity contribution in [3.05, 3.63) is 34.9 Å². The summed E-state index contributed by atoms with van der Waals surface area (Å²) in [6, 6.07) is 7.54. The molecule has 0 saturated carbocycles. The van der Waals surface area contributed by atoms with Crippen molar-refractivity contribution < 1.29 is 14.3 Å². The first-order chi connectivity index (χ1) is 11.5. The van der Waals surface area contributed by atoms with Gasteiger partial charge in [0, 0.05) is 17.1 Å². The van der Waals surface area contributed by atoms with Gasteiger partial charge in [0.25, 0.3) is 0 Å². The number of fused-ring (bicyclic) bond motifs is 2. The van der Waals surface area contributed by atoms with Gasteiger partial charge in [-0.05, 0) is 50.3 Å². The number of halogens is 1. The molecule has 2 saturated heterocycles. The van der Waals surface area contributed by atoms with Gasteiger partial charge in [-0.2, -0.15) is 0 Å². The lowest BCUT2D eigenvalue weighted by Crippen LogP contribution is -2.46. The number of hydrogen-bond acceptors (Lipinski definition) is 3. The van der Waals surface area contributed by atoms with E-state index in [1.54, 1.807) is 6.07 Å². The van der Waals surface area contributed by atoms with Gasteiger partial charge < -0.3 is 9.64 Å². The van der Waals surface area contributed by atoms with Crippen molar-refractivity contribution in [1.82, 2.24) is 4.90 Å². The molecule has 0 unspecified atom stereocenters. The summed E-state index contributed by atoms with van der Waals surface area (Å²) in [5.41, 5.74) is 0.389. The molecular weight excluding hydrogens is 326 g/mol. The highest BCUT2D eigenvalue weighted by Crippen LogP contribution is 2.52. The summed E-state index contributed by atoms with van der Waals surface area (Å²) in [5.74, 6) is -0.0513. The molecule has 4 nitrogen and oxygen atoms in total. The van der Waals surface area contributed by atoms with Crippen molar-refractivity contribution >= 4 is 23.5 Å². The van der Waals surface area contributed by atoms with Gasteiger partial charge in [0.15, 0.2) is 0 Å². The summed E-state index contributed by atoms with van der Waals surface area (Å²) in [6.45, 7) is 4.24. The fraction of sp³-hybridized carbons (Fsp3) is 0.579. The number of hydrogen-bond donors (Lipinski definition) is 0. The van der Waals surface area contributed by atoms with Crippen LogP contribution >= 0.6 is 11.6 Å². The SMILES string of the molecule is CCOC(=O)[C@@]1(CC)C[C@H]2CC[C@@H]1N2C(=O)Cc1cccc(Cl)c1. The van der Waals surface area contributed by atoms with Crippen LogP contribution in [0.15, 0.2) is 24.3 Å². The molecule has 2 aliphatic rings. The largest absolute Gasteiger partial charge is 0.466 e. The Labute approximate surface area is 148 Å². The molecule has 2 bridgehead atoms. The Bertz CT molecular complexity index is 647. The first-order valence-corrected chi connectivity index (χ1v) is 9.12. The minimum Gasteiger partial charge on any atom is -0.466 e. The predicted molar refractivity (Wildman–Crippen MR) is 92.8 cm³/mol. The van der Waals surface area contributed by atoms with Crippen LogP contribution in [-0.4, -0.2) is 35.5 Å². The monoisotopic (exact) mass is 349 g/mol. The number of carbonyl (C=O) groups is 2. The van der Waals surface area contributed by atoms with Crippen LogP contribution in [0.25, 0.3) is 0 Å². The highest BCUT2D eigenvalue weighted by atomic mass is 35.5. The van der Waals surface area contributed by atoms with Crippen LogP contribution in [0.1, 0.15) is 45.1 Å². The molecule has 0 radical (unpaired) electrons. The number of benzene rings is 1. The molecule has 5 heteroatoms. The predicted octanol–water partition coefficient (Wildman–Crippen LogP) is 3.61. The fourth-order valence-corrected chi connectivity index (χ4v) is 4.70. The highest BCUT2D eigenvalue weighted by Gasteiger charge is 2.60. The maximum absolute atomic E-state index is 12.9. The Hall–Kier alpha value is -1.55. The van der Waals surface area contributed by atoms with Crippen molar-refractivity contribution in [2.75, 3.05) is 6.61 Å². The summed E-state index contributed by atoms with van der Waals surface area (Å²) in [4.78, 5) is 27.4. The zero-order chi connectivity index (χ0) is 17.3. The molecule has 0 spiro atoms. The van der Waals surface area contributed by atoms with Gasteiger partial charge in [-0.3, -0.25) is 9.59 Å². The highest BCUT2D eigenvalue weighted by molar-refractivity contribution is 6.30. The van der Waals surface area contributed by atoms with E-state index in [4.69, 9.17) is 16.3 Å². The van der Waals surface area contributed by atoms with E-state index in [0.29, 0.717) is 24.5 Å².